The molecule has 1 nitrogen and oxygen atoms in total. The van der Waals surface area contributed by atoms with Crippen molar-refractivity contribution in [2.24, 2.45) is 0 Å². The summed E-state index contributed by atoms with van der Waals surface area (Å²) in [7, 11) is -3.32. The summed E-state index contributed by atoms with van der Waals surface area (Å²) in [5, 5.41) is 8.01. The van der Waals surface area contributed by atoms with Gasteiger partial charge in [0.25, 0.3) is 0 Å². The van der Waals surface area contributed by atoms with Crippen molar-refractivity contribution in [3.63, 3.8) is 0 Å². The average molecular weight is 149 g/mol. The Balaban J connectivity index is 2.85. The van der Waals surface area contributed by atoms with Crippen molar-refractivity contribution in [3.05, 3.63) is 0 Å². The lowest BCUT2D eigenvalue weighted by Crippen LogP contribution is -1.93. The summed E-state index contributed by atoms with van der Waals surface area (Å²) >= 11 is 0. The zero-order valence-corrected chi connectivity index (χ0v) is 6.26. The molecule has 9 heavy (non-hydrogen) atoms. The predicted octanol–water partition coefficient (Wildman–Crippen LogP) is 1.84. The van der Waals surface area contributed by atoms with Crippen molar-refractivity contribution in [2.75, 3.05) is 0 Å². The van der Waals surface area contributed by atoms with Crippen molar-refractivity contribution in [2.45, 2.75) is 25.3 Å². The van der Waals surface area contributed by atoms with E-state index in [1.165, 1.54) is 0 Å². The Morgan fingerprint density at radius 3 is 2.44 bits per heavy atom. The van der Waals surface area contributed by atoms with Crippen LogP contribution in [0.25, 0.3) is 0 Å². The third-order valence-corrected chi connectivity index (χ3v) is 1.81. The maximum absolute atomic E-state index is 11.5. The Bertz CT molecular complexity index is 99.6. The second-order valence-corrected chi connectivity index (χ2v) is 3.15. The average Bonchev–Trinajstić information content (AvgIpc) is 1.80. The molecule has 0 radical (unpaired) electrons. The molecule has 0 unspecified atom stereocenters. The summed E-state index contributed by atoms with van der Waals surface area (Å²) in [5.41, 5.74) is 0. The Hall–Kier alpha value is -0.433. The van der Waals surface area contributed by atoms with Crippen LogP contribution in [0.2, 0.25) is 6.04 Å². The van der Waals surface area contributed by atoms with E-state index in [2.05, 4.69) is 0 Å². The highest BCUT2D eigenvalue weighted by atomic mass is 28.4. The molecule has 0 aromatic carbocycles. The van der Waals surface area contributed by atoms with Gasteiger partial charge in [0.1, 0.15) is 0 Å². The van der Waals surface area contributed by atoms with Crippen LogP contribution in [0.5, 0.6) is 0 Å². The van der Waals surface area contributed by atoms with Crippen LogP contribution in [-0.4, -0.2) is 9.46 Å². The summed E-state index contributed by atoms with van der Waals surface area (Å²) in [4.78, 5) is 0. The number of nitriles is 1. The van der Waals surface area contributed by atoms with Crippen molar-refractivity contribution in [3.8, 4) is 6.07 Å². The lowest BCUT2D eigenvalue weighted by Gasteiger charge is -1.91. The number of nitrogens with zero attached hydrogens (tertiary/aromatic N) is 1. The third kappa shape index (κ3) is 7.57. The van der Waals surface area contributed by atoms with Crippen LogP contribution in [0.15, 0.2) is 0 Å². The first-order chi connectivity index (χ1) is 4.27. The van der Waals surface area contributed by atoms with Crippen LogP contribution >= 0.6 is 0 Å². The molecule has 0 aromatic heterocycles. The maximum atomic E-state index is 11.5. The summed E-state index contributed by atoms with van der Waals surface area (Å²) in [6, 6.07) is 1.98. The SMILES string of the molecule is N#CCCCC[SiH](F)F. The first kappa shape index (κ1) is 8.57. The molecule has 0 fully saturated rings. The molecule has 0 saturated carbocycles. The molecule has 0 bridgehead atoms. The van der Waals surface area contributed by atoms with Gasteiger partial charge in [0.15, 0.2) is 0 Å². The molecule has 0 amide bonds. The van der Waals surface area contributed by atoms with E-state index in [-0.39, 0.29) is 6.04 Å². The molecule has 52 valence electrons. The van der Waals surface area contributed by atoms with Gasteiger partial charge >= 0.3 is 9.46 Å². The smallest absolute Gasteiger partial charge is 0.275 e. The molecule has 0 spiro atoms. The van der Waals surface area contributed by atoms with Gasteiger partial charge < -0.3 is 0 Å². The monoisotopic (exact) mass is 149 g/mol. The van der Waals surface area contributed by atoms with Crippen LogP contribution in [0.3, 0.4) is 0 Å². The van der Waals surface area contributed by atoms with Crippen LogP contribution < -0.4 is 0 Å². The summed E-state index contributed by atoms with van der Waals surface area (Å²) in [6.45, 7) is 0. The van der Waals surface area contributed by atoms with Gasteiger partial charge in [0, 0.05) is 6.42 Å². The summed E-state index contributed by atoms with van der Waals surface area (Å²) in [5.74, 6) is 0. The van der Waals surface area contributed by atoms with Crippen LogP contribution in [0, 0.1) is 11.3 Å². The third-order valence-electron chi connectivity index (χ3n) is 0.961. The van der Waals surface area contributed by atoms with Crippen molar-refractivity contribution in [1.29, 1.82) is 5.26 Å². The minimum absolute atomic E-state index is 0.0711. The van der Waals surface area contributed by atoms with E-state index in [4.69, 9.17) is 5.26 Å². The molecule has 0 aliphatic rings. The van der Waals surface area contributed by atoms with E-state index in [1.807, 2.05) is 6.07 Å². The van der Waals surface area contributed by atoms with Crippen molar-refractivity contribution < 1.29 is 8.22 Å². The van der Waals surface area contributed by atoms with Gasteiger partial charge in [0.2, 0.25) is 0 Å². The first-order valence-electron chi connectivity index (χ1n) is 2.92. The second kappa shape index (κ2) is 5.70. The van der Waals surface area contributed by atoms with Gasteiger partial charge in [-0.2, -0.15) is 5.26 Å². The minimum atomic E-state index is -3.32. The minimum Gasteiger partial charge on any atom is -0.275 e. The lowest BCUT2D eigenvalue weighted by molar-refractivity contribution is 0.635. The number of hydrogen-bond donors (Lipinski definition) is 0. The standard InChI is InChI=1S/C5H9F2NSi/c6-9(7)5-3-1-2-4-8/h9H,1-3,5H2. The fourth-order valence-corrected chi connectivity index (χ4v) is 1.10. The number of hydrogen-bond acceptors (Lipinski definition) is 1. The molecule has 0 aliphatic heterocycles. The van der Waals surface area contributed by atoms with Gasteiger partial charge in [-0.15, -0.1) is 0 Å². The molecule has 0 rings (SSSR count). The highest BCUT2D eigenvalue weighted by Crippen LogP contribution is 2.04. The topological polar surface area (TPSA) is 23.8 Å². The molecule has 0 N–H and O–H groups in total. The van der Waals surface area contributed by atoms with Gasteiger partial charge in [-0.1, -0.05) is 6.42 Å². The molecule has 4 heteroatoms. The van der Waals surface area contributed by atoms with Crippen LogP contribution in [-0.2, 0) is 0 Å². The molecule has 0 heterocycles. The van der Waals surface area contributed by atoms with E-state index in [0.29, 0.717) is 19.3 Å². The van der Waals surface area contributed by atoms with E-state index < -0.39 is 9.46 Å². The summed E-state index contributed by atoms with van der Waals surface area (Å²) in [6.07, 6.45) is 1.58. The second-order valence-electron chi connectivity index (χ2n) is 1.79. The predicted molar refractivity (Wildman–Crippen MR) is 33.6 cm³/mol. The molecule has 0 aromatic rings. The lowest BCUT2D eigenvalue weighted by atomic mass is 10.3. The van der Waals surface area contributed by atoms with Crippen molar-refractivity contribution in [1.82, 2.24) is 0 Å². The quantitative estimate of drug-likeness (QED) is 0.340. The van der Waals surface area contributed by atoms with E-state index in [0.717, 1.165) is 0 Å². The molecular formula is C5H9F2NSi. The zero-order chi connectivity index (χ0) is 7.11. The highest BCUT2D eigenvalue weighted by molar-refractivity contribution is 6.42. The highest BCUT2D eigenvalue weighted by Gasteiger charge is 2.04. The fourth-order valence-electron chi connectivity index (χ4n) is 0.503. The van der Waals surface area contributed by atoms with Crippen LogP contribution in [0.1, 0.15) is 19.3 Å². The Labute approximate surface area is 55.2 Å². The Morgan fingerprint density at radius 2 is 2.00 bits per heavy atom. The molecule has 0 saturated heterocycles. The van der Waals surface area contributed by atoms with Crippen LogP contribution in [0.4, 0.5) is 8.22 Å². The number of unbranched alkanes of at least 4 members (excludes halogenated alkanes) is 2. The Kier molecular flexibility index (Phi) is 5.42. The van der Waals surface area contributed by atoms with Gasteiger partial charge in [0.05, 0.1) is 6.07 Å². The number of halogens is 2. The van der Waals surface area contributed by atoms with Gasteiger partial charge in [-0.25, -0.2) is 0 Å². The largest absolute Gasteiger partial charge is 0.411 e. The Morgan fingerprint density at radius 1 is 1.33 bits per heavy atom. The van der Waals surface area contributed by atoms with E-state index >= 15 is 0 Å². The van der Waals surface area contributed by atoms with Gasteiger partial charge in [-0.3, -0.25) is 8.22 Å². The fraction of sp³-hybridized carbons (Fsp3) is 0.800. The maximum Gasteiger partial charge on any atom is 0.411 e. The van der Waals surface area contributed by atoms with Crippen molar-refractivity contribution >= 4 is 9.46 Å². The normalized spacial score (nSPS) is 9.56. The zero-order valence-electron chi connectivity index (χ0n) is 5.11. The molecular weight excluding hydrogens is 140 g/mol. The number of rotatable bonds is 4. The first-order valence-corrected chi connectivity index (χ1v) is 4.61. The van der Waals surface area contributed by atoms with E-state index in [9.17, 15) is 8.22 Å². The molecule has 0 atom stereocenters. The van der Waals surface area contributed by atoms with E-state index in [1.54, 1.807) is 0 Å². The van der Waals surface area contributed by atoms with Gasteiger partial charge in [-0.05, 0) is 12.5 Å². The summed E-state index contributed by atoms with van der Waals surface area (Å²) < 4.78 is 23.0. The molecule has 0 aliphatic carbocycles.